The second-order valence-electron chi connectivity index (χ2n) is 5.68. The van der Waals surface area contributed by atoms with Crippen molar-refractivity contribution >= 4 is 23.2 Å². The fourth-order valence-electron chi connectivity index (χ4n) is 2.85. The summed E-state index contributed by atoms with van der Waals surface area (Å²) in [6.45, 7) is 2.69. The Morgan fingerprint density at radius 3 is 3.00 bits per heavy atom. The molecule has 1 aromatic rings. The topological polar surface area (TPSA) is 102 Å². The molecule has 7 nitrogen and oxygen atoms in total. The number of piperidine rings is 1. The molecule has 0 aliphatic carbocycles. The van der Waals surface area contributed by atoms with Crippen LogP contribution in [-0.4, -0.2) is 41.9 Å². The van der Waals surface area contributed by atoms with Crippen LogP contribution < -0.4 is 11.1 Å². The van der Waals surface area contributed by atoms with E-state index in [9.17, 15) is 14.9 Å². The van der Waals surface area contributed by atoms with Crippen molar-refractivity contribution in [1.82, 2.24) is 10.2 Å². The van der Waals surface area contributed by atoms with Crippen molar-refractivity contribution < 1.29 is 9.72 Å². The maximum Gasteiger partial charge on any atom is 0.273 e. The number of nitrogens with one attached hydrogen (secondary N) is 1. The van der Waals surface area contributed by atoms with Crippen molar-refractivity contribution in [3.8, 4) is 0 Å². The van der Waals surface area contributed by atoms with Crippen molar-refractivity contribution in [1.29, 1.82) is 0 Å². The average molecular weight is 341 g/mol. The number of carbonyl (C=O) groups excluding carboxylic acids is 1. The molecule has 0 aromatic heterocycles. The molecule has 1 heterocycles. The monoisotopic (exact) mass is 340 g/mol. The molecule has 0 bridgehead atoms. The molecule has 1 aliphatic heterocycles. The molecule has 0 radical (unpaired) electrons. The number of carbonyl (C=O) groups is 1. The predicted octanol–water partition coefficient (Wildman–Crippen LogP) is 1.54. The molecule has 0 saturated carbocycles. The highest BCUT2D eigenvalue weighted by Gasteiger charge is 2.27. The van der Waals surface area contributed by atoms with Crippen LogP contribution in [0.15, 0.2) is 18.2 Å². The van der Waals surface area contributed by atoms with Crippen LogP contribution in [0.5, 0.6) is 0 Å². The lowest BCUT2D eigenvalue weighted by molar-refractivity contribution is -0.385. The number of likely N-dealkylation sites (tertiary alicyclic amines) is 1. The molecule has 8 heteroatoms. The number of nitro benzene ring substituents is 1. The minimum atomic E-state index is -0.402. The highest BCUT2D eigenvalue weighted by atomic mass is 35.5. The van der Waals surface area contributed by atoms with E-state index in [1.165, 1.54) is 12.1 Å². The molecule has 126 valence electrons. The third-order valence-corrected chi connectivity index (χ3v) is 4.19. The lowest BCUT2D eigenvalue weighted by atomic mass is 9.96. The first kappa shape index (κ1) is 17.7. The summed E-state index contributed by atoms with van der Waals surface area (Å²) in [6.07, 6.45) is 1.71. The third kappa shape index (κ3) is 4.89. The quantitative estimate of drug-likeness (QED) is 0.604. The number of rotatable bonds is 6. The maximum absolute atomic E-state index is 12.1. The Hall–Kier alpha value is -1.70. The Balaban J connectivity index is 2.04. The second-order valence-corrected chi connectivity index (χ2v) is 6.12. The molecule has 3 N–H and O–H groups in total. The second kappa shape index (κ2) is 8.24. The first-order valence-corrected chi connectivity index (χ1v) is 8.02. The Morgan fingerprint density at radius 2 is 2.30 bits per heavy atom. The van der Waals surface area contributed by atoms with Gasteiger partial charge < -0.3 is 11.1 Å². The van der Waals surface area contributed by atoms with E-state index >= 15 is 0 Å². The number of hydrogen-bond acceptors (Lipinski definition) is 5. The molecule has 1 unspecified atom stereocenters. The highest BCUT2D eigenvalue weighted by Crippen LogP contribution is 2.26. The standard InChI is InChI=1S/C15H21ClN4O3/c16-13-3-4-14(20(22)23)12(8-13)10-19-7-1-2-11(9-19)15(21)18-6-5-17/h3-4,8,11H,1-2,5-7,9-10,17H2,(H,18,21). The zero-order valence-corrected chi connectivity index (χ0v) is 13.6. The summed E-state index contributed by atoms with van der Waals surface area (Å²) in [7, 11) is 0. The Kier molecular flexibility index (Phi) is 6.32. The third-order valence-electron chi connectivity index (χ3n) is 3.95. The van der Waals surface area contributed by atoms with Crippen LogP contribution in [-0.2, 0) is 11.3 Å². The van der Waals surface area contributed by atoms with Gasteiger partial charge in [0.25, 0.3) is 5.69 Å². The van der Waals surface area contributed by atoms with Gasteiger partial charge in [0.15, 0.2) is 0 Å². The van der Waals surface area contributed by atoms with Crippen molar-refractivity contribution in [3.05, 3.63) is 38.9 Å². The fourth-order valence-corrected chi connectivity index (χ4v) is 3.05. The molecule has 23 heavy (non-hydrogen) atoms. The molecular weight excluding hydrogens is 320 g/mol. The van der Waals surface area contributed by atoms with Crippen LogP contribution in [0, 0.1) is 16.0 Å². The first-order valence-electron chi connectivity index (χ1n) is 7.64. The lowest BCUT2D eigenvalue weighted by Gasteiger charge is -2.31. The summed E-state index contributed by atoms with van der Waals surface area (Å²) in [6, 6.07) is 4.56. The Morgan fingerprint density at radius 1 is 1.52 bits per heavy atom. The zero-order valence-electron chi connectivity index (χ0n) is 12.8. The van der Waals surface area contributed by atoms with Crippen LogP contribution >= 0.6 is 11.6 Å². The number of halogens is 1. The summed E-state index contributed by atoms with van der Waals surface area (Å²) in [5, 5.41) is 14.4. The normalized spacial score (nSPS) is 18.6. The minimum Gasteiger partial charge on any atom is -0.355 e. The number of benzene rings is 1. The van der Waals surface area contributed by atoms with Gasteiger partial charge in [-0.3, -0.25) is 19.8 Å². The van der Waals surface area contributed by atoms with Gasteiger partial charge in [0.2, 0.25) is 5.91 Å². The van der Waals surface area contributed by atoms with Crippen LogP contribution in [0.1, 0.15) is 18.4 Å². The van der Waals surface area contributed by atoms with E-state index in [0.29, 0.717) is 36.8 Å². The van der Waals surface area contributed by atoms with Gasteiger partial charge in [-0.15, -0.1) is 0 Å². The van der Waals surface area contributed by atoms with Gasteiger partial charge >= 0.3 is 0 Å². The number of hydrogen-bond donors (Lipinski definition) is 2. The van der Waals surface area contributed by atoms with E-state index in [4.69, 9.17) is 17.3 Å². The zero-order chi connectivity index (χ0) is 16.8. The van der Waals surface area contributed by atoms with E-state index in [2.05, 4.69) is 10.2 Å². The maximum atomic E-state index is 12.1. The minimum absolute atomic E-state index is 0.000689. The first-order chi connectivity index (χ1) is 11.0. The molecule has 0 spiro atoms. The van der Waals surface area contributed by atoms with Gasteiger partial charge in [0, 0.05) is 42.8 Å². The summed E-state index contributed by atoms with van der Waals surface area (Å²) in [5.41, 5.74) is 6.03. The lowest BCUT2D eigenvalue weighted by Crippen LogP contribution is -2.43. The van der Waals surface area contributed by atoms with E-state index in [0.717, 1.165) is 19.4 Å². The number of nitrogens with zero attached hydrogens (tertiary/aromatic N) is 2. The molecule has 1 saturated heterocycles. The Labute approximate surface area is 139 Å². The molecule has 2 rings (SSSR count). The van der Waals surface area contributed by atoms with Crippen LogP contribution in [0.4, 0.5) is 5.69 Å². The molecule has 1 aliphatic rings. The van der Waals surface area contributed by atoms with E-state index in [-0.39, 0.29) is 17.5 Å². The Bertz CT molecular complexity index is 582. The van der Waals surface area contributed by atoms with E-state index < -0.39 is 4.92 Å². The number of nitrogens with two attached hydrogens (primary N) is 1. The van der Waals surface area contributed by atoms with Crippen LogP contribution in [0.25, 0.3) is 0 Å². The summed E-state index contributed by atoms with van der Waals surface area (Å²) >= 11 is 5.96. The van der Waals surface area contributed by atoms with Gasteiger partial charge in [-0.05, 0) is 31.5 Å². The van der Waals surface area contributed by atoms with Crippen LogP contribution in [0.3, 0.4) is 0 Å². The molecule has 1 fully saturated rings. The van der Waals surface area contributed by atoms with Crippen molar-refractivity contribution in [3.63, 3.8) is 0 Å². The molecule has 1 amide bonds. The van der Waals surface area contributed by atoms with Crippen molar-refractivity contribution in [2.24, 2.45) is 11.7 Å². The largest absolute Gasteiger partial charge is 0.355 e. The van der Waals surface area contributed by atoms with Crippen molar-refractivity contribution in [2.45, 2.75) is 19.4 Å². The SMILES string of the molecule is NCCNC(=O)C1CCCN(Cc2cc(Cl)ccc2[N+](=O)[O-])C1. The summed E-state index contributed by atoms with van der Waals surface area (Å²) in [5.74, 6) is -0.103. The molecule has 1 atom stereocenters. The predicted molar refractivity (Wildman–Crippen MR) is 88.2 cm³/mol. The average Bonchev–Trinajstić information content (AvgIpc) is 2.52. The summed E-state index contributed by atoms with van der Waals surface area (Å²) in [4.78, 5) is 24.9. The van der Waals surface area contributed by atoms with E-state index in [1.54, 1.807) is 6.07 Å². The number of nitro groups is 1. The van der Waals surface area contributed by atoms with E-state index in [1.807, 2.05) is 0 Å². The van der Waals surface area contributed by atoms with Gasteiger partial charge in [0.1, 0.15) is 0 Å². The highest BCUT2D eigenvalue weighted by molar-refractivity contribution is 6.30. The fraction of sp³-hybridized carbons (Fsp3) is 0.533. The van der Waals surface area contributed by atoms with Gasteiger partial charge in [-0.1, -0.05) is 11.6 Å². The van der Waals surface area contributed by atoms with Crippen LogP contribution in [0.2, 0.25) is 5.02 Å². The van der Waals surface area contributed by atoms with Crippen molar-refractivity contribution in [2.75, 3.05) is 26.2 Å². The molecule has 1 aromatic carbocycles. The number of amides is 1. The van der Waals surface area contributed by atoms with Gasteiger partial charge in [-0.25, -0.2) is 0 Å². The smallest absolute Gasteiger partial charge is 0.273 e. The van der Waals surface area contributed by atoms with Gasteiger partial charge in [0.05, 0.1) is 10.8 Å². The van der Waals surface area contributed by atoms with Gasteiger partial charge in [-0.2, -0.15) is 0 Å². The summed E-state index contributed by atoms with van der Waals surface area (Å²) < 4.78 is 0. The molecular formula is C15H21ClN4O3.